The summed E-state index contributed by atoms with van der Waals surface area (Å²) in [5.41, 5.74) is -0.688. The molecule has 0 saturated carbocycles. The van der Waals surface area contributed by atoms with E-state index in [2.05, 4.69) is 10.3 Å². The van der Waals surface area contributed by atoms with Crippen molar-refractivity contribution in [3.8, 4) is 0 Å². The Kier molecular flexibility index (Phi) is 3.57. The van der Waals surface area contributed by atoms with Crippen molar-refractivity contribution in [3.05, 3.63) is 52.3 Å². The molecule has 22 heavy (non-hydrogen) atoms. The van der Waals surface area contributed by atoms with Gasteiger partial charge in [0.05, 0.1) is 10.6 Å². The second kappa shape index (κ2) is 5.29. The van der Waals surface area contributed by atoms with Crippen LogP contribution in [0.5, 0.6) is 0 Å². The molecule has 114 valence electrons. The molecule has 0 aliphatic heterocycles. The Morgan fingerprint density at radius 1 is 1.36 bits per heavy atom. The summed E-state index contributed by atoms with van der Waals surface area (Å²) >= 11 is 6.80. The van der Waals surface area contributed by atoms with Crippen LogP contribution in [0.15, 0.2) is 36.0 Å². The summed E-state index contributed by atoms with van der Waals surface area (Å²) in [6.07, 6.45) is -1.45. The van der Waals surface area contributed by atoms with Gasteiger partial charge < -0.3 is 5.32 Å². The number of carbonyl (C=O) groups excluding carboxylic acids is 1. The first-order valence-corrected chi connectivity index (χ1v) is 7.20. The average Bonchev–Trinajstić information content (AvgIpc) is 3.01. The monoisotopic (exact) mass is 345 g/mol. The Labute approximate surface area is 131 Å². The normalized spacial score (nSPS) is 11.8. The van der Waals surface area contributed by atoms with Gasteiger partial charge in [-0.3, -0.25) is 9.20 Å². The number of thiazole rings is 1. The van der Waals surface area contributed by atoms with Gasteiger partial charge in [0, 0.05) is 23.5 Å². The van der Waals surface area contributed by atoms with E-state index in [-0.39, 0.29) is 5.69 Å². The van der Waals surface area contributed by atoms with Crippen molar-refractivity contribution < 1.29 is 18.0 Å². The highest BCUT2D eigenvalue weighted by atomic mass is 35.5. The van der Waals surface area contributed by atoms with Crippen LogP contribution in [-0.2, 0) is 6.18 Å². The van der Waals surface area contributed by atoms with E-state index in [1.165, 1.54) is 23.6 Å². The molecule has 0 saturated heterocycles. The number of carbonyl (C=O) groups is 1. The minimum Gasteiger partial charge on any atom is -0.321 e. The number of halogens is 4. The topological polar surface area (TPSA) is 46.4 Å². The van der Waals surface area contributed by atoms with E-state index in [1.807, 2.05) is 0 Å². The Bertz CT molecular complexity index is 856. The van der Waals surface area contributed by atoms with Crippen LogP contribution < -0.4 is 5.32 Å². The summed E-state index contributed by atoms with van der Waals surface area (Å²) in [6, 6.07) is 3.21. The summed E-state index contributed by atoms with van der Waals surface area (Å²) in [7, 11) is 0. The number of anilines is 1. The van der Waals surface area contributed by atoms with Gasteiger partial charge in [-0.15, -0.1) is 11.3 Å². The number of nitrogens with one attached hydrogen (secondary N) is 1. The minimum absolute atomic E-state index is 0.0150. The van der Waals surface area contributed by atoms with E-state index in [9.17, 15) is 18.0 Å². The van der Waals surface area contributed by atoms with Crippen LogP contribution in [0, 0.1) is 0 Å². The molecule has 9 heteroatoms. The van der Waals surface area contributed by atoms with Crippen LogP contribution in [0.3, 0.4) is 0 Å². The summed E-state index contributed by atoms with van der Waals surface area (Å²) < 4.78 is 40.0. The molecule has 0 aliphatic rings. The van der Waals surface area contributed by atoms with Gasteiger partial charge in [0.1, 0.15) is 5.69 Å². The van der Waals surface area contributed by atoms with Crippen LogP contribution in [0.1, 0.15) is 16.1 Å². The molecule has 0 aliphatic carbocycles. The minimum atomic E-state index is -4.59. The highest BCUT2D eigenvalue weighted by Gasteiger charge is 2.33. The number of imidazole rings is 1. The van der Waals surface area contributed by atoms with E-state index in [1.54, 1.807) is 16.0 Å². The quantitative estimate of drug-likeness (QED) is 0.752. The first-order chi connectivity index (χ1) is 10.4. The fraction of sp³-hybridized carbons (Fsp3) is 0.0769. The number of alkyl halides is 3. The van der Waals surface area contributed by atoms with Gasteiger partial charge in [-0.05, 0) is 18.2 Å². The standard InChI is InChI=1S/C13H7ClF3N3OS/c14-9-2-1-7(5-8(9)13(15,16)17)19-11(21)10-6-22-12-18-3-4-20(10)12/h1-6H,(H,19,21). The third-order valence-corrected chi connectivity index (χ3v) is 4.09. The van der Waals surface area contributed by atoms with Crippen molar-refractivity contribution in [2.24, 2.45) is 0 Å². The maximum absolute atomic E-state index is 12.8. The van der Waals surface area contributed by atoms with Crippen LogP contribution in [0.4, 0.5) is 18.9 Å². The van der Waals surface area contributed by atoms with Gasteiger partial charge in [0.25, 0.3) is 5.91 Å². The van der Waals surface area contributed by atoms with E-state index < -0.39 is 22.7 Å². The number of aromatic nitrogens is 2. The number of hydrogen-bond donors (Lipinski definition) is 1. The largest absolute Gasteiger partial charge is 0.417 e. The molecule has 0 spiro atoms. The first kappa shape index (κ1) is 14.9. The summed E-state index contributed by atoms with van der Waals surface area (Å²) in [6.45, 7) is 0. The number of fused-ring (bicyclic) bond motifs is 1. The van der Waals surface area contributed by atoms with Crippen molar-refractivity contribution in [2.45, 2.75) is 6.18 Å². The lowest BCUT2D eigenvalue weighted by Crippen LogP contribution is -2.15. The van der Waals surface area contributed by atoms with Crippen LogP contribution in [0.25, 0.3) is 4.96 Å². The SMILES string of the molecule is O=C(Nc1ccc(Cl)c(C(F)(F)F)c1)c1csc2nccn12. The van der Waals surface area contributed by atoms with Crippen molar-refractivity contribution in [3.63, 3.8) is 0 Å². The van der Waals surface area contributed by atoms with Crippen molar-refractivity contribution in [1.29, 1.82) is 0 Å². The van der Waals surface area contributed by atoms with Gasteiger partial charge in [-0.2, -0.15) is 13.2 Å². The highest BCUT2D eigenvalue weighted by Crippen LogP contribution is 2.36. The van der Waals surface area contributed by atoms with Crippen LogP contribution in [0.2, 0.25) is 5.02 Å². The molecule has 0 bridgehead atoms. The molecule has 2 aromatic heterocycles. The maximum atomic E-state index is 12.8. The molecule has 0 atom stereocenters. The van der Waals surface area contributed by atoms with Gasteiger partial charge in [0.15, 0.2) is 4.96 Å². The molecule has 2 heterocycles. The Hall–Kier alpha value is -2.06. The lowest BCUT2D eigenvalue weighted by Gasteiger charge is -2.11. The number of rotatable bonds is 2. The predicted octanol–water partition coefficient (Wildman–Crippen LogP) is 4.32. The smallest absolute Gasteiger partial charge is 0.321 e. The van der Waals surface area contributed by atoms with E-state index in [0.717, 1.165) is 12.1 Å². The van der Waals surface area contributed by atoms with Crippen LogP contribution >= 0.6 is 22.9 Å². The van der Waals surface area contributed by atoms with E-state index >= 15 is 0 Å². The average molecular weight is 346 g/mol. The molecule has 1 amide bonds. The molecule has 1 N–H and O–H groups in total. The van der Waals surface area contributed by atoms with Crippen molar-refractivity contribution in [2.75, 3.05) is 5.32 Å². The summed E-state index contributed by atoms with van der Waals surface area (Å²) in [5.74, 6) is -0.528. The molecule has 3 rings (SSSR count). The Morgan fingerprint density at radius 2 is 2.14 bits per heavy atom. The third-order valence-electron chi connectivity index (χ3n) is 2.90. The van der Waals surface area contributed by atoms with Crippen molar-refractivity contribution >= 4 is 39.5 Å². The zero-order valence-electron chi connectivity index (χ0n) is 10.7. The lowest BCUT2D eigenvalue weighted by molar-refractivity contribution is -0.137. The molecule has 0 radical (unpaired) electrons. The predicted molar refractivity (Wildman–Crippen MR) is 77.5 cm³/mol. The lowest BCUT2D eigenvalue weighted by atomic mass is 10.2. The molecule has 0 unspecified atom stereocenters. The fourth-order valence-corrected chi connectivity index (χ4v) is 2.96. The Balaban J connectivity index is 1.90. The fourth-order valence-electron chi connectivity index (χ4n) is 1.90. The summed E-state index contributed by atoms with van der Waals surface area (Å²) in [4.78, 5) is 16.8. The molecule has 3 aromatic rings. The number of hydrogen-bond acceptors (Lipinski definition) is 3. The molecule has 0 fully saturated rings. The first-order valence-electron chi connectivity index (χ1n) is 5.95. The van der Waals surface area contributed by atoms with Crippen LogP contribution in [-0.4, -0.2) is 15.3 Å². The number of nitrogens with zero attached hydrogens (tertiary/aromatic N) is 2. The zero-order valence-corrected chi connectivity index (χ0v) is 12.3. The van der Waals surface area contributed by atoms with Gasteiger partial charge in [-0.1, -0.05) is 11.6 Å². The number of amides is 1. The van der Waals surface area contributed by atoms with Gasteiger partial charge >= 0.3 is 6.18 Å². The second-order valence-electron chi connectivity index (χ2n) is 4.35. The highest BCUT2D eigenvalue weighted by molar-refractivity contribution is 7.15. The molecular weight excluding hydrogens is 339 g/mol. The number of benzene rings is 1. The zero-order chi connectivity index (χ0) is 15.9. The van der Waals surface area contributed by atoms with E-state index in [0.29, 0.717) is 10.7 Å². The molecular formula is C13H7ClF3N3OS. The molecule has 1 aromatic carbocycles. The third kappa shape index (κ3) is 2.67. The van der Waals surface area contributed by atoms with Gasteiger partial charge in [-0.25, -0.2) is 4.98 Å². The van der Waals surface area contributed by atoms with Gasteiger partial charge in [0.2, 0.25) is 0 Å². The van der Waals surface area contributed by atoms with Crippen molar-refractivity contribution in [1.82, 2.24) is 9.38 Å². The van der Waals surface area contributed by atoms with E-state index in [4.69, 9.17) is 11.6 Å². The maximum Gasteiger partial charge on any atom is 0.417 e. The molecule has 4 nitrogen and oxygen atoms in total. The summed E-state index contributed by atoms with van der Waals surface area (Å²) in [5, 5.41) is 3.59. The Morgan fingerprint density at radius 3 is 2.86 bits per heavy atom. The second-order valence-corrected chi connectivity index (χ2v) is 5.59.